The molecule has 0 aliphatic heterocycles. The van der Waals surface area contributed by atoms with Crippen LogP contribution in [0.1, 0.15) is 22.0 Å². The van der Waals surface area contributed by atoms with E-state index in [0.29, 0.717) is 0 Å². The second-order valence-corrected chi connectivity index (χ2v) is 6.82. The number of rotatable bonds is 5. The minimum absolute atomic E-state index is 0.00529. The number of nitrogens with two attached hydrogens (primary N) is 1. The van der Waals surface area contributed by atoms with Gasteiger partial charge < -0.3 is 13.7 Å². The van der Waals surface area contributed by atoms with Crippen LogP contribution in [0, 0.1) is 0 Å². The Kier molecular flexibility index (Phi) is 4.95. The first-order chi connectivity index (χ1) is 13.0. The smallest absolute Gasteiger partial charge is 0.416 e. The van der Waals surface area contributed by atoms with Crippen molar-refractivity contribution in [1.29, 1.82) is 0 Å². The number of sulfonamides is 1. The molecule has 2 N–H and O–H groups in total. The zero-order chi connectivity index (χ0) is 20.5. The van der Waals surface area contributed by atoms with E-state index >= 15 is 0 Å². The van der Waals surface area contributed by atoms with E-state index in [0.717, 1.165) is 24.3 Å². The molecule has 3 rings (SSSR count). The van der Waals surface area contributed by atoms with Gasteiger partial charge in [0, 0.05) is 5.56 Å². The molecular weight excluding hydrogens is 407 g/mol. The van der Waals surface area contributed by atoms with Crippen LogP contribution in [0.4, 0.5) is 13.2 Å². The summed E-state index contributed by atoms with van der Waals surface area (Å²) in [6.45, 7) is -0.474. The molecule has 2 aromatic heterocycles. The molecule has 0 unspecified atom stereocenters. The molecule has 0 bridgehead atoms. The highest BCUT2D eigenvalue weighted by Crippen LogP contribution is 2.30. The van der Waals surface area contributed by atoms with Crippen LogP contribution in [0.5, 0.6) is 0 Å². The standard InChI is InChI=1S/C15H10F3N3O6S/c16-15(17,18)9-3-1-8(2-4-9)13-20-11(27-21-13)7-25-14(22)10-5-6-12(26-10)28(19,23)24/h1-6H,7H2,(H2,19,23,24). The fraction of sp³-hybridized carbons (Fsp3) is 0.133. The van der Waals surface area contributed by atoms with Crippen LogP contribution < -0.4 is 5.14 Å². The Morgan fingerprint density at radius 3 is 2.39 bits per heavy atom. The van der Waals surface area contributed by atoms with E-state index in [9.17, 15) is 26.4 Å². The Labute approximate surface area is 154 Å². The first kappa shape index (κ1) is 19.6. The van der Waals surface area contributed by atoms with Gasteiger partial charge in [-0.25, -0.2) is 18.4 Å². The van der Waals surface area contributed by atoms with Gasteiger partial charge in [0.2, 0.25) is 16.7 Å². The zero-order valence-electron chi connectivity index (χ0n) is 13.6. The molecule has 0 atom stereocenters. The van der Waals surface area contributed by atoms with Gasteiger partial charge in [-0.05, 0) is 24.3 Å². The van der Waals surface area contributed by atoms with Crippen molar-refractivity contribution in [3.63, 3.8) is 0 Å². The lowest BCUT2D eigenvalue weighted by Crippen LogP contribution is -2.11. The highest BCUT2D eigenvalue weighted by Gasteiger charge is 2.30. The molecule has 9 nitrogen and oxygen atoms in total. The van der Waals surface area contributed by atoms with Crippen LogP contribution in [0.3, 0.4) is 0 Å². The first-order valence-corrected chi connectivity index (χ1v) is 8.88. The lowest BCUT2D eigenvalue weighted by molar-refractivity contribution is -0.137. The minimum atomic E-state index is -4.47. The van der Waals surface area contributed by atoms with Gasteiger partial charge in [-0.15, -0.1) is 0 Å². The van der Waals surface area contributed by atoms with Crippen molar-refractivity contribution >= 4 is 16.0 Å². The molecule has 0 radical (unpaired) electrons. The SMILES string of the molecule is NS(=O)(=O)c1ccc(C(=O)OCc2nc(-c3ccc(C(F)(F)F)cc3)no2)o1. The van der Waals surface area contributed by atoms with E-state index in [1.165, 1.54) is 12.1 Å². The number of primary sulfonamides is 1. The van der Waals surface area contributed by atoms with Crippen molar-refractivity contribution in [2.45, 2.75) is 17.9 Å². The molecular formula is C15H10F3N3O6S. The molecule has 0 aliphatic rings. The third-order valence-electron chi connectivity index (χ3n) is 3.33. The van der Waals surface area contributed by atoms with Crippen molar-refractivity contribution in [2.75, 3.05) is 0 Å². The van der Waals surface area contributed by atoms with Crippen LogP contribution in [0.25, 0.3) is 11.4 Å². The molecule has 1 aromatic carbocycles. The largest absolute Gasteiger partial charge is 0.450 e. The van der Waals surface area contributed by atoms with Crippen LogP contribution in [-0.4, -0.2) is 24.5 Å². The molecule has 0 saturated carbocycles. The topological polar surface area (TPSA) is 139 Å². The number of nitrogens with zero attached hydrogens (tertiary/aromatic N) is 2. The first-order valence-electron chi connectivity index (χ1n) is 7.34. The van der Waals surface area contributed by atoms with E-state index in [-0.39, 0.29) is 17.3 Å². The molecule has 2 heterocycles. The Morgan fingerprint density at radius 1 is 1.14 bits per heavy atom. The van der Waals surface area contributed by atoms with E-state index in [2.05, 4.69) is 10.1 Å². The van der Waals surface area contributed by atoms with Gasteiger partial charge in [-0.1, -0.05) is 17.3 Å². The van der Waals surface area contributed by atoms with Gasteiger partial charge in [-0.3, -0.25) is 0 Å². The molecule has 0 fully saturated rings. The third-order valence-corrected chi connectivity index (χ3v) is 4.11. The van der Waals surface area contributed by atoms with Crippen LogP contribution in [0.2, 0.25) is 0 Å². The number of hydrogen-bond acceptors (Lipinski definition) is 8. The molecule has 0 spiro atoms. The number of carbonyl (C=O) groups excluding carboxylic acids is 1. The molecule has 3 aromatic rings. The number of furan rings is 1. The third kappa shape index (κ3) is 4.37. The number of alkyl halides is 3. The summed E-state index contributed by atoms with van der Waals surface area (Å²) in [6, 6.07) is 6.11. The predicted octanol–water partition coefficient (Wildman–Crippen LogP) is 2.35. The molecule has 28 heavy (non-hydrogen) atoms. The van der Waals surface area contributed by atoms with Crippen LogP contribution >= 0.6 is 0 Å². The molecule has 0 saturated heterocycles. The van der Waals surface area contributed by atoms with Crippen molar-refractivity contribution < 1.29 is 40.1 Å². The van der Waals surface area contributed by atoms with Crippen molar-refractivity contribution in [3.8, 4) is 11.4 Å². The summed E-state index contributed by atoms with van der Waals surface area (Å²) in [4.78, 5) is 15.7. The van der Waals surface area contributed by atoms with Gasteiger partial charge in [0.1, 0.15) is 0 Å². The van der Waals surface area contributed by atoms with E-state index in [4.69, 9.17) is 18.8 Å². The van der Waals surface area contributed by atoms with Crippen LogP contribution in [-0.2, 0) is 27.5 Å². The van der Waals surface area contributed by atoms with Gasteiger partial charge in [0.15, 0.2) is 6.61 Å². The van der Waals surface area contributed by atoms with E-state index in [1.54, 1.807) is 0 Å². The Morgan fingerprint density at radius 2 is 1.82 bits per heavy atom. The number of ether oxygens (including phenoxy) is 1. The monoisotopic (exact) mass is 417 g/mol. The van der Waals surface area contributed by atoms with Gasteiger partial charge in [0.25, 0.3) is 15.9 Å². The number of carbonyl (C=O) groups is 1. The Hall–Kier alpha value is -3.19. The highest BCUT2D eigenvalue weighted by molar-refractivity contribution is 7.89. The summed E-state index contributed by atoms with van der Waals surface area (Å²) in [7, 11) is -4.11. The van der Waals surface area contributed by atoms with Crippen molar-refractivity contribution in [2.24, 2.45) is 5.14 Å². The minimum Gasteiger partial charge on any atom is -0.450 e. The van der Waals surface area contributed by atoms with Crippen molar-refractivity contribution in [1.82, 2.24) is 10.1 Å². The van der Waals surface area contributed by atoms with E-state index in [1.807, 2.05) is 0 Å². The summed E-state index contributed by atoms with van der Waals surface area (Å²) < 4.78 is 74.3. The zero-order valence-corrected chi connectivity index (χ0v) is 14.5. The molecule has 0 aliphatic carbocycles. The van der Waals surface area contributed by atoms with E-state index < -0.39 is 45.2 Å². The fourth-order valence-electron chi connectivity index (χ4n) is 2.02. The summed E-state index contributed by atoms with van der Waals surface area (Å²) in [5, 5.41) is 7.84. The molecule has 0 amide bonds. The maximum absolute atomic E-state index is 12.6. The summed E-state index contributed by atoms with van der Waals surface area (Å²) in [5.74, 6) is -1.56. The second-order valence-electron chi connectivity index (χ2n) is 5.33. The number of benzene rings is 1. The molecule has 148 valence electrons. The number of halogens is 3. The average Bonchev–Trinajstić information content (AvgIpc) is 3.28. The normalized spacial score (nSPS) is 12.1. The second kappa shape index (κ2) is 7.09. The maximum atomic E-state index is 12.6. The number of esters is 1. The van der Waals surface area contributed by atoms with Crippen LogP contribution in [0.15, 0.2) is 50.4 Å². The Bertz CT molecular complexity index is 1100. The highest BCUT2D eigenvalue weighted by atomic mass is 32.2. The quantitative estimate of drug-likeness (QED) is 0.624. The van der Waals surface area contributed by atoms with Gasteiger partial charge in [0.05, 0.1) is 5.56 Å². The average molecular weight is 417 g/mol. The summed E-state index contributed by atoms with van der Waals surface area (Å²) >= 11 is 0. The number of aromatic nitrogens is 2. The van der Waals surface area contributed by atoms with Gasteiger partial charge >= 0.3 is 12.1 Å². The molecule has 13 heteroatoms. The van der Waals surface area contributed by atoms with Gasteiger partial charge in [-0.2, -0.15) is 18.2 Å². The predicted molar refractivity (Wildman–Crippen MR) is 83.9 cm³/mol. The lowest BCUT2D eigenvalue weighted by Gasteiger charge is -2.05. The number of hydrogen-bond donors (Lipinski definition) is 1. The Balaban J connectivity index is 1.65. The lowest BCUT2D eigenvalue weighted by atomic mass is 10.1. The summed E-state index contributed by atoms with van der Waals surface area (Å²) in [5.41, 5.74) is -0.565. The fourth-order valence-corrected chi connectivity index (χ4v) is 2.48. The summed E-state index contributed by atoms with van der Waals surface area (Å²) in [6.07, 6.45) is -4.47. The maximum Gasteiger partial charge on any atom is 0.416 e. The van der Waals surface area contributed by atoms with Crippen molar-refractivity contribution in [3.05, 3.63) is 53.6 Å².